The van der Waals surface area contributed by atoms with Gasteiger partial charge in [0.1, 0.15) is 12.8 Å². The van der Waals surface area contributed by atoms with Crippen LogP contribution in [0, 0.1) is 0 Å². The summed E-state index contributed by atoms with van der Waals surface area (Å²) in [5, 5.41) is 19.4. The highest BCUT2D eigenvalue weighted by Gasteiger charge is 2.24. The summed E-state index contributed by atoms with van der Waals surface area (Å²) in [5.41, 5.74) is 4.93. The molecular weight excluding hydrogens is 612 g/mol. The van der Waals surface area contributed by atoms with Crippen molar-refractivity contribution < 1.29 is 57.6 Å². The molecule has 0 saturated carbocycles. The van der Waals surface area contributed by atoms with Crippen LogP contribution in [0.15, 0.2) is 12.2 Å². The highest BCUT2D eigenvalue weighted by Crippen LogP contribution is 2.13. The lowest BCUT2D eigenvalue weighted by molar-refractivity contribution is -0.232. The average molecular weight is 661 g/mol. The predicted molar refractivity (Wildman–Crippen MR) is 161 cm³/mol. The van der Waals surface area contributed by atoms with Crippen molar-refractivity contribution in [3.05, 3.63) is 12.2 Å². The van der Waals surface area contributed by atoms with Crippen molar-refractivity contribution in [2.75, 3.05) is 72.4 Å². The number of nitrogens with one attached hydrogen (secondary N) is 4. The molecule has 1 aliphatic rings. The lowest BCUT2D eigenvalue weighted by Gasteiger charge is -2.28. The number of nitrogens with zero attached hydrogens (tertiary/aromatic N) is 1. The summed E-state index contributed by atoms with van der Waals surface area (Å²) in [4.78, 5) is 71.4. The normalized spacial score (nSPS) is 14.2. The number of imide groups is 1. The molecule has 6 amide bonds. The Morgan fingerprint density at radius 2 is 1.37 bits per heavy atom. The van der Waals surface area contributed by atoms with Crippen LogP contribution >= 0.6 is 0 Å². The van der Waals surface area contributed by atoms with Gasteiger partial charge < -0.3 is 55.8 Å². The number of amides is 6. The Kier molecular flexibility index (Phi) is 20.0. The Morgan fingerprint density at radius 3 is 1.98 bits per heavy atom. The molecule has 46 heavy (non-hydrogen) atoms. The monoisotopic (exact) mass is 660 g/mol. The first-order chi connectivity index (χ1) is 21.8. The second-order valence-electron chi connectivity index (χ2n) is 10.7. The summed E-state index contributed by atoms with van der Waals surface area (Å²) in [7, 11) is 0. The molecule has 0 aliphatic carbocycles. The predicted octanol–water partition coefficient (Wildman–Crippen LogP) is -2.38. The largest absolute Gasteiger partial charge is 0.444 e. The third-order valence-corrected chi connectivity index (χ3v) is 5.61. The summed E-state index contributed by atoms with van der Waals surface area (Å²) in [5.74, 6) is -1.76. The minimum Gasteiger partial charge on any atom is -0.444 e. The molecule has 0 saturated heterocycles. The number of hydrogen-bond donors (Lipinski definition) is 6. The summed E-state index contributed by atoms with van der Waals surface area (Å²) in [6.45, 7) is 6.23. The van der Waals surface area contributed by atoms with Gasteiger partial charge in [0.2, 0.25) is 17.7 Å². The SMILES string of the molecule is CC(C)(C)OC(COC(=O)NCCC(=O)NCCNC(=O)CCOCCOCCNC(=O)CCN1C(=O)C=CC1=O)OC(N)CO. The first kappa shape index (κ1) is 40.3. The number of alkyl carbamates (subject to hydrolysis) is 1. The second-order valence-corrected chi connectivity index (χ2v) is 10.7. The molecular formula is C28H48N6O12. The van der Waals surface area contributed by atoms with Gasteiger partial charge in [0.25, 0.3) is 11.8 Å². The van der Waals surface area contributed by atoms with E-state index in [-0.39, 0.29) is 103 Å². The van der Waals surface area contributed by atoms with Crippen molar-refractivity contribution in [3.8, 4) is 0 Å². The lowest BCUT2D eigenvalue weighted by atomic mass is 10.2. The maximum atomic E-state index is 11.9. The third kappa shape index (κ3) is 20.4. The summed E-state index contributed by atoms with van der Waals surface area (Å²) in [6, 6.07) is 0. The van der Waals surface area contributed by atoms with Crippen LogP contribution in [0.4, 0.5) is 4.79 Å². The molecule has 1 heterocycles. The van der Waals surface area contributed by atoms with Gasteiger partial charge in [0, 0.05) is 64.1 Å². The molecule has 1 rings (SSSR count). The molecule has 0 aromatic rings. The van der Waals surface area contributed by atoms with Gasteiger partial charge in [-0.15, -0.1) is 0 Å². The van der Waals surface area contributed by atoms with Crippen molar-refractivity contribution in [2.45, 2.75) is 58.2 Å². The van der Waals surface area contributed by atoms with Crippen LogP contribution in [-0.4, -0.2) is 136 Å². The van der Waals surface area contributed by atoms with Crippen LogP contribution < -0.4 is 27.0 Å². The molecule has 262 valence electrons. The van der Waals surface area contributed by atoms with Crippen LogP contribution in [0.2, 0.25) is 0 Å². The Balaban J connectivity index is 1.97. The Hall–Kier alpha value is -3.68. The van der Waals surface area contributed by atoms with Crippen molar-refractivity contribution in [3.63, 3.8) is 0 Å². The smallest absolute Gasteiger partial charge is 0.407 e. The molecule has 0 radical (unpaired) electrons. The van der Waals surface area contributed by atoms with E-state index in [0.717, 1.165) is 17.1 Å². The molecule has 0 aromatic carbocycles. The number of carbonyl (C=O) groups is 6. The van der Waals surface area contributed by atoms with Crippen molar-refractivity contribution >= 4 is 35.6 Å². The van der Waals surface area contributed by atoms with Crippen LogP contribution in [0.1, 0.15) is 40.0 Å². The first-order valence-corrected chi connectivity index (χ1v) is 14.9. The van der Waals surface area contributed by atoms with Gasteiger partial charge in [-0.1, -0.05) is 0 Å². The van der Waals surface area contributed by atoms with Crippen LogP contribution in [0.25, 0.3) is 0 Å². The summed E-state index contributed by atoms with van der Waals surface area (Å²) < 4.78 is 26.6. The van der Waals surface area contributed by atoms with Crippen molar-refractivity contribution in [1.29, 1.82) is 0 Å². The molecule has 2 atom stereocenters. The number of carbonyl (C=O) groups excluding carboxylic acids is 6. The molecule has 0 aromatic heterocycles. The fourth-order valence-electron chi connectivity index (χ4n) is 3.49. The van der Waals surface area contributed by atoms with E-state index >= 15 is 0 Å². The van der Waals surface area contributed by atoms with Crippen LogP contribution in [0.5, 0.6) is 0 Å². The van der Waals surface area contributed by atoms with Crippen LogP contribution in [0.3, 0.4) is 0 Å². The van der Waals surface area contributed by atoms with Crippen molar-refractivity contribution in [1.82, 2.24) is 26.2 Å². The number of rotatable bonds is 24. The molecule has 0 spiro atoms. The lowest BCUT2D eigenvalue weighted by Crippen LogP contribution is -2.41. The van der Waals surface area contributed by atoms with Gasteiger partial charge >= 0.3 is 6.09 Å². The highest BCUT2D eigenvalue weighted by molar-refractivity contribution is 6.13. The molecule has 7 N–H and O–H groups in total. The van der Waals surface area contributed by atoms with Gasteiger partial charge in [-0.05, 0) is 20.8 Å². The van der Waals surface area contributed by atoms with Gasteiger partial charge in [-0.25, -0.2) is 4.79 Å². The minimum atomic E-state index is -1.01. The number of ether oxygens (including phenoxy) is 5. The van der Waals surface area contributed by atoms with E-state index in [2.05, 4.69) is 21.3 Å². The molecule has 1 aliphatic heterocycles. The van der Waals surface area contributed by atoms with E-state index in [4.69, 9.17) is 34.5 Å². The topological polar surface area (TPSA) is 246 Å². The number of aliphatic hydroxyl groups excluding tert-OH is 1. The standard InChI is InChI=1S/C28H48N6O12/c1-28(2,3)46-26(45-20(29)18-35)19-44-27(41)33-9-6-21(36)30-10-11-31-23(38)8-14-42-16-17-43-15-12-32-22(37)7-13-34-24(39)4-5-25(34)40/h4-5,20,26,35H,6-19,29H2,1-3H3,(H,30,36)(H,31,38)(H,32,37)(H,33,41). The van der Waals surface area contributed by atoms with E-state index in [1.165, 1.54) is 0 Å². The van der Waals surface area contributed by atoms with Gasteiger partial charge in [-0.2, -0.15) is 0 Å². The summed E-state index contributed by atoms with van der Waals surface area (Å²) >= 11 is 0. The minimum absolute atomic E-state index is 0.00330. The van der Waals surface area contributed by atoms with E-state index in [1.54, 1.807) is 20.8 Å². The average Bonchev–Trinajstić information content (AvgIpc) is 3.31. The molecule has 2 unspecified atom stereocenters. The zero-order valence-corrected chi connectivity index (χ0v) is 26.7. The third-order valence-electron chi connectivity index (χ3n) is 5.61. The van der Waals surface area contributed by atoms with E-state index in [9.17, 15) is 28.8 Å². The first-order valence-electron chi connectivity index (χ1n) is 14.9. The number of hydrogen-bond acceptors (Lipinski definition) is 13. The summed E-state index contributed by atoms with van der Waals surface area (Å²) in [6.07, 6.45) is -0.356. The van der Waals surface area contributed by atoms with Gasteiger partial charge in [0.05, 0.1) is 38.6 Å². The highest BCUT2D eigenvalue weighted by atomic mass is 16.7. The second kappa shape index (κ2) is 22.8. The maximum Gasteiger partial charge on any atom is 0.407 e. The zero-order valence-electron chi connectivity index (χ0n) is 26.7. The number of nitrogens with two attached hydrogens (primary N) is 1. The Labute approximate surface area is 268 Å². The van der Waals surface area contributed by atoms with Gasteiger partial charge in [-0.3, -0.25) is 28.9 Å². The molecule has 18 heteroatoms. The zero-order chi connectivity index (χ0) is 34.4. The molecule has 0 bridgehead atoms. The quantitative estimate of drug-likeness (QED) is 0.0360. The van der Waals surface area contributed by atoms with E-state index in [0.29, 0.717) is 0 Å². The number of aliphatic hydroxyl groups is 1. The van der Waals surface area contributed by atoms with Crippen LogP contribution in [-0.2, 0) is 47.7 Å². The molecule has 18 nitrogen and oxygen atoms in total. The fourth-order valence-corrected chi connectivity index (χ4v) is 3.49. The van der Waals surface area contributed by atoms with Gasteiger partial charge in [0.15, 0.2) is 6.29 Å². The molecule has 0 fully saturated rings. The van der Waals surface area contributed by atoms with E-state index in [1.807, 2.05) is 0 Å². The van der Waals surface area contributed by atoms with E-state index < -0.39 is 42.6 Å². The maximum absolute atomic E-state index is 11.9. The van der Waals surface area contributed by atoms with Crippen molar-refractivity contribution in [2.24, 2.45) is 5.73 Å². The Bertz CT molecular complexity index is 1000. The fraction of sp³-hybridized carbons (Fsp3) is 0.714. The Morgan fingerprint density at radius 1 is 0.804 bits per heavy atom.